The van der Waals surface area contributed by atoms with Crippen LogP contribution in [0.3, 0.4) is 0 Å². The molecule has 118 valence electrons. The van der Waals surface area contributed by atoms with Crippen molar-refractivity contribution in [1.82, 2.24) is 4.90 Å². The molecular formula is C19H31NO. The molecule has 0 spiro atoms. The average molecular weight is 289 g/mol. The number of hydrogen-bond donors (Lipinski definition) is 0. The highest BCUT2D eigenvalue weighted by molar-refractivity contribution is 5.88. The summed E-state index contributed by atoms with van der Waals surface area (Å²) in [6.45, 7) is 15.9. The molecule has 2 heteroatoms. The van der Waals surface area contributed by atoms with Crippen molar-refractivity contribution in [2.75, 3.05) is 13.1 Å². The summed E-state index contributed by atoms with van der Waals surface area (Å²) in [6, 6.07) is 0. The van der Waals surface area contributed by atoms with Crippen molar-refractivity contribution in [1.29, 1.82) is 0 Å². The number of rotatable bonds is 8. The van der Waals surface area contributed by atoms with Gasteiger partial charge in [-0.05, 0) is 58.3 Å². The van der Waals surface area contributed by atoms with Crippen molar-refractivity contribution in [3.8, 4) is 0 Å². The van der Waals surface area contributed by atoms with Gasteiger partial charge in [0.1, 0.15) is 0 Å². The highest BCUT2D eigenvalue weighted by Gasteiger charge is 2.49. The first-order chi connectivity index (χ1) is 9.78. The standard InChI is InChI=1S/C19H31NO/c1-7-11-20(18(21)12-16(4)5)14-17-13-19(17,6)10-8-9-15(2)3/h7,9,12,17H,1,8,10-11,13-14H2,2-6H3. The summed E-state index contributed by atoms with van der Waals surface area (Å²) < 4.78 is 0. The van der Waals surface area contributed by atoms with Crippen molar-refractivity contribution in [2.45, 2.75) is 53.9 Å². The molecule has 0 bridgehead atoms. The maximum absolute atomic E-state index is 12.2. The van der Waals surface area contributed by atoms with Gasteiger partial charge in [-0.15, -0.1) is 6.58 Å². The number of allylic oxidation sites excluding steroid dienone is 3. The van der Waals surface area contributed by atoms with Crippen LogP contribution in [0.2, 0.25) is 0 Å². The van der Waals surface area contributed by atoms with Gasteiger partial charge in [0, 0.05) is 19.2 Å². The van der Waals surface area contributed by atoms with Crippen LogP contribution in [0.15, 0.2) is 36.0 Å². The molecule has 2 unspecified atom stereocenters. The van der Waals surface area contributed by atoms with E-state index in [0.29, 0.717) is 17.9 Å². The summed E-state index contributed by atoms with van der Waals surface area (Å²) in [5.41, 5.74) is 2.86. The first kappa shape index (κ1) is 17.7. The molecule has 1 aliphatic rings. The first-order valence-corrected chi connectivity index (χ1v) is 7.96. The van der Waals surface area contributed by atoms with Crippen molar-refractivity contribution in [2.24, 2.45) is 11.3 Å². The van der Waals surface area contributed by atoms with Crippen LogP contribution in [0, 0.1) is 11.3 Å². The van der Waals surface area contributed by atoms with Gasteiger partial charge in [0.25, 0.3) is 0 Å². The summed E-state index contributed by atoms with van der Waals surface area (Å²) in [5.74, 6) is 0.756. The summed E-state index contributed by atoms with van der Waals surface area (Å²) in [7, 11) is 0. The third-order valence-electron chi connectivity index (χ3n) is 4.32. The zero-order valence-corrected chi connectivity index (χ0v) is 14.4. The van der Waals surface area contributed by atoms with Gasteiger partial charge in [-0.1, -0.05) is 30.2 Å². The molecule has 1 amide bonds. The molecule has 2 nitrogen and oxygen atoms in total. The van der Waals surface area contributed by atoms with Crippen LogP contribution in [-0.4, -0.2) is 23.9 Å². The SMILES string of the molecule is C=CCN(CC1CC1(C)CCC=C(C)C)C(=O)C=C(C)C. The molecule has 0 N–H and O–H groups in total. The minimum absolute atomic E-state index is 0.119. The van der Waals surface area contributed by atoms with E-state index in [1.54, 1.807) is 6.08 Å². The molecule has 1 fully saturated rings. The molecule has 0 aromatic heterocycles. The molecule has 21 heavy (non-hydrogen) atoms. The van der Waals surface area contributed by atoms with E-state index in [2.05, 4.69) is 33.4 Å². The molecule has 0 heterocycles. The smallest absolute Gasteiger partial charge is 0.246 e. The van der Waals surface area contributed by atoms with Gasteiger partial charge in [-0.2, -0.15) is 0 Å². The Morgan fingerprint density at radius 2 is 1.95 bits per heavy atom. The third-order valence-corrected chi connectivity index (χ3v) is 4.32. The Labute approximate surface area is 130 Å². The fourth-order valence-corrected chi connectivity index (χ4v) is 2.80. The Hall–Kier alpha value is -1.31. The van der Waals surface area contributed by atoms with Crippen molar-refractivity contribution in [3.63, 3.8) is 0 Å². The van der Waals surface area contributed by atoms with E-state index >= 15 is 0 Å². The Kier molecular flexibility index (Phi) is 6.44. The van der Waals surface area contributed by atoms with Gasteiger partial charge in [-0.25, -0.2) is 0 Å². The molecular weight excluding hydrogens is 258 g/mol. The summed E-state index contributed by atoms with van der Waals surface area (Å²) in [6.07, 6.45) is 9.47. The van der Waals surface area contributed by atoms with Gasteiger partial charge in [0.15, 0.2) is 0 Å². The maximum atomic E-state index is 12.2. The van der Waals surface area contributed by atoms with Crippen LogP contribution in [0.1, 0.15) is 53.9 Å². The van der Waals surface area contributed by atoms with Gasteiger partial charge < -0.3 is 4.90 Å². The minimum Gasteiger partial charge on any atom is -0.335 e. The second kappa shape index (κ2) is 7.63. The van der Waals surface area contributed by atoms with Crippen molar-refractivity contribution >= 4 is 5.91 Å². The predicted molar refractivity (Wildman–Crippen MR) is 91.1 cm³/mol. The molecule has 0 aromatic carbocycles. The van der Waals surface area contributed by atoms with E-state index < -0.39 is 0 Å². The van der Waals surface area contributed by atoms with Crippen molar-refractivity contribution < 1.29 is 4.79 Å². The second-order valence-electron chi connectivity index (χ2n) is 7.13. The van der Waals surface area contributed by atoms with E-state index in [9.17, 15) is 4.79 Å². The third kappa shape index (κ3) is 5.91. The average Bonchev–Trinajstić information content (AvgIpc) is 2.97. The monoisotopic (exact) mass is 289 g/mol. The largest absolute Gasteiger partial charge is 0.335 e. The highest BCUT2D eigenvalue weighted by Crippen LogP contribution is 2.55. The van der Waals surface area contributed by atoms with E-state index in [1.807, 2.05) is 24.8 Å². The molecule has 0 aromatic rings. The van der Waals surface area contributed by atoms with Crippen LogP contribution in [0.4, 0.5) is 0 Å². The van der Waals surface area contributed by atoms with Crippen LogP contribution in [0.5, 0.6) is 0 Å². The van der Waals surface area contributed by atoms with Crippen LogP contribution < -0.4 is 0 Å². The number of hydrogen-bond acceptors (Lipinski definition) is 1. The predicted octanol–water partition coefficient (Wildman–Crippen LogP) is 4.74. The van der Waals surface area contributed by atoms with Gasteiger partial charge in [0.2, 0.25) is 5.91 Å². The minimum atomic E-state index is 0.119. The van der Waals surface area contributed by atoms with Gasteiger partial charge >= 0.3 is 0 Å². The normalized spacial score (nSPS) is 23.2. The number of carbonyl (C=O) groups is 1. The fraction of sp³-hybridized carbons (Fsp3) is 0.632. The van der Waals surface area contributed by atoms with Crippen LogP contribution in [-0.2, 0) is 4.79 Å². The van der Waals surface area contributed by atoms with Crippen molar-refractivity contribution in [3.05, 3.63) is 36.0 Å². The summed E-state index contributed by atoms with van der Waals surface area (Å²) >= 11 is 0. The zero-order valence-electron chi connectivity index (χ0n) is 14.4. The van der Waals surface area contributed by atoms with E-state index in [0.717, 1.165) is 18.5 Å². The highest BCUT2D eigenvalue weighted by atomic mass is 16.2. The second-order valence-corrected chi connectivity index (χ2v) is 7.13. The lowest BCUT2D eigenvalue weighted by molar-refractivity contribution is -0.125. The van der Waals surface area contributed by atoms with Gasteiger partial charge in [0.05, 0.1) is 0 Å². The molecule has 1 rings (SSSR count). The lowest BCUT2D eigenvalue weighted by Crippen LogP contribution is -2.32. The molecule has 0 aliphatic heterocycles. The Morgan fingerprint density at radius 3 is 2.48 bits per heavy atom. The fourth-order valence-electron chi connectivity index (χ4n) is 2.80. The molecule has 1 aliphatic carbocycles. The zero-order chi connectivity index (χ0) is 16.0. The molecule has 1 saturated carbocycles. The molecule has 2 atom stereocenters. The number of nitrogens with zero attached hydrogens (tertiary/aromatic N) is 1. The van der Waals surface area contributed by atoms with Crippen LogP contribution in [0.25, 0.3) is 0 Å². The topological polar surface area (TPSA) is 20.3 Å². The van der Waals surface area contributed by atoms with Crippen LogP contribution >= 0.6 is 0 Å². The lowest BCUT2D eigenvalue weighted by atomic mass is 9.98. The summed E-state index contributed by atoms with van der Waals surface area (Å²) in [4.78, 5) is 14.1. The quantitative estimate of drug-likeness (QED) is 0.467. The number of amides is 1. The van der Waals surface area contributed by atoms with E-state index in [-0.39, 0.29) is 5.91 Å². The number of carbonyl (C=O) groups excluding carboxylic acids is 1. The summed E-state index contributed by atoms with van der Waals surface area (Å²) in [5, 5.41) is 0. The Balaban J connectivity index is 2.54. The Morgan fingerprint density at radius 1 is 1.29 bits per heavy atom. The van der Waals surface area contributed by atoms with E-state index in [4.69, 9.17) is 0 Å². The maximum Gasteiger partial charge on any atom is 0.246 e. The molecule has 0 saturated heterocycles. The first-order valence-electron chi connectivity index (χ1n) is 7.96. The lowest BCUT2D eigenvalue weighted by Gasteiger charge is -2.21. The van der Waals surface area contributed by atoms with Gasteiger partial charge in [-0.3, -0.25) is 4.79 Å². The Bertz CT molecular complexity index is 438. The molecule has 0 radical (unpaired) electrons. The van der Waals surface area contributed by atoms with E-state index in [1.165, 1.54) is 18.4 Å².